The Morgan fingerprint density at radius 2 is 1.61 bits per heavy atom. The molecule has 3 saturated heterocycles. The van der Waals surface area contributed by atoms with Gasteiger partial charge >= 0.3 is 6.18 Å². The van der Waals surface area contributed by atoms with Crippen molar-refractivity contribution in [1.29, 1.82) is 0 Å². The summed E-state index contributed by atoms with van der Waals surface area (Å²) in [7, 11) is -3.61. The molecule has 0 unspecified atom stereocenters. The van der Waals surface area contributed by atoms with Crippen LogP contribution in [0.5, 0.6) is 0 Å². The number of piperidine rings is 1. The first-order chi connectivity index (χ1) is 18.0. The molecule has 38 heavy (non-hydrogen) atoms. The predicted octanol–water partition coefficient (Wildman–Crippen LogP) is 3.15. The summed E-state index contributed by atoms with van der Waals surface area (Å²) in [5.74, 6) is -1.05. The number of carbonyl (C=O) groups is 2. The van der Waals surface area contributed by atoms with Crippen LogP contribution in [0.4, 0.5) is 13.2 Å². The second-order valence-corrected chi connectivity index (χ2v) is 13.2. The maximum absolute atomic E-state index is 13.5. The van der Waals surface area contributed by atoms with Crippen LogP contribution in [0.2, 0.25) is 0 Å². The molecule has 8 nitrogen and oxygen atoms in total. The van der Waals surface area contributed by atoms with Crippen molar-refractivity contribution < 1.29 is 31.2 Å². The van der Waals surface area contributed by atoms with Gasteiger partial charge in [-0.25, -0.2) is 0 Å². The minimum Gasteiger partial charge on any atom is -0.350 e. The van der Waals surface area contributed by atoms with Crippen LogP contribution in [-0.2, 0) is 32.5 Å². The van der Waals surface area contributed by atoms with Crippen LogP contribution >= 0.6 is 0 Å². The van der Waals surface area contributed by atoms with E-state index in [-0.39, 0.29) is 30.3 Å². The molecule has 0 bridgehead atoms. The van der Waals surface area contributed by atoms with Gasteiger partial charge in [0.25, 0.3) is 10.2 Å². The van der Waals surface area contributed by atoms with Gasteiger partial charge in [-0.3, -0.25) is 9.59 Å². The Morgan fingerprint density at radius 3 is 2.26 bits per heavy atom. The van der Waals surface area contributed by atoms with E-state index in [0.717, 1.165) is 37.8 Å². The summed E-state index contributed by atoms with van der Waals surface area (Å²) in [5, 5.41) is 2.75. The smallest absolute Gasteiger partial charge is 0.350 e. The minimum absolute atomic E-state index is 0.0578. The molecule has 0 aromatic heterocycles. The zero-order valence-electron chi connectivity index (χ0n) is 21.4. The Hall–Kier alpha value is -2.18. The minimum atomic E-state index is -4.42. The number of benzene rings is 1. The highest BCUT2D eigenvalue weighted by molar-refractivity contribution is 7.86. The monoisotopic (exact) mass is 556 g/mol. The molecule has 2 atom stereocenters. The second-order valence-electron chi connectivity index (χ2n) is 11.3. The van der Waals surface area contributed by atoms with Crippen LogP contribution in [0.3, 0.4) is 0 Å². The molecule has 1 aromatic rings. The number of likely N-dealkylation sites (tertiary alicyclic amines) is 1. The number of rotatable bonds is 6. The van der Waals surface area contributed by atoms with Crippen molar-refractivity contribution in [3.63, 3.8) is 0 Å². The highest BCUT2D eigenvalue weighted by atomic mass is 32.2. The van der Waals surface area contributed by atoms with E-state index >= 15 is 0 Å². The number of alkyl halides is 3. The molecule has 210 valence electrons. The molecule has 5 rings (SSSR count). The molecule has 2 amide bonds. The van der Waals surface area contributed by atoms with Crippen molar-refractivity contribution in [1.82, 2.24) is 18.8 Å². The van der Waals surface area contributed by atoms with E-state index in [1.54, 1.807) is 9.21 Å². The third-order valence-corrected chi connectivity index (χ3v) is 10.6. The number of nitrogens with zero attached hydrogens (tertiary/aromatic N) is 3. The molecule has 1 aliphatic carbocycles. The molecule has 0 radical (unpaired) electrons. The van der Waals surface area contributed by atoms with Crippen LogP contribution in [0.1, 0.15) is 62.5 Å². The van der Waals surface area contributed by atoms with Crippen molar-refractivity contribution in [2.75, 3.05) is 32.7 Å². The molecular weight excluding hydrogens is 521 g/mol. The lowest BCUT2D eigenvalue weighted by atomic mass is 9.80. The molecule has 1 spiro atoms. The number of halogens is 3. The Labute approximate surface area is 221 Å². The first-order valence-corrected chi connectivity index (χ1v) is 14.9. The van der Waals surface area contributed by atoms with E-state index in [0.29, 0.717) is 57.4 Å². The number of hydrogen-bond acceptors (Lipinski definition) is 4. The van der Waals surface area contributed by atoms with Gasteiger partial charge in [-0.15, -0.1) is 0 Å². The van der Waals surface area contributed by atoms with E-state index in [9.17, 15) is 31.2 Å². The third kappa shape index (κ3) is 5.44. The Bertz CT molecular complexity index is 1140. The number of nitrogens with one attached hydrogen (secondary N) is 1. The Morgan fingerprint density at radius 1 is 0.947 bits per heavy atom. The summed E-state index contributed by atoms with van der Waals surface area (Å²) >= 11 is 0. The van der Waals surface area contributed by atoms with Crippen LogP contribution in [-0.4, -0.2) is 72.5 Å². The van der Waals surface area contributed by atoms with Crippen molar-refractivity contribution in [2.24, 2.45) is 11.3 Å². The zero-order valence-corrected chi connectivity index (χ0v) is 22.2. The first-order valence-electron chi connectivity index (χ1n) is 13.5. The number of amides is 2. The van der Waals surface area contributed by atoms with Gasteiger partial charge in [0.2, 0.25) is 11.8 Å². The maximum Gasteiger partial charge on any atom is 0.416 e. The van der Waals surface area contributed by atoms with Crippen molar-refractivity contribution in [3.05, 3.63) is 35.4 Å². The van der Waals surface area contributed by atoms with E-state index in [1.165, 1.54) is 16.4 Å². The molecule has 4 aliphatic rings. The standard InChI is InChI=1S/C26H35F3N4O4S/c27-26(28,29)21-9-7-19(8-10-21)15-30-23(34)22-6-4-14-33(22)24(35)20-5-3-13-31(16-20)38(36,37)32-17-25(18-32)11-1-2-12-25/h7-10,20,22H,1-6,11-18H2,(H,30,34)/t20-,22+/m0/s1. The van der Waals surface area contributed by atoms with Gasteiger partial charge in [-0.1, -0.05) is 25.0 Å². The van der Waals surface area contributed by atoms with Gasteiger partial charge in [0.15, 0.2) is 0 Å². The quantitative estimate of drug-likeness (QED) is 0.583. The summed E-state index contributed by atoms with van der Waals surface area (Å²) in [6.45, 7) is 2.14. The van der Waals surface area contributed by atoms with Gasteiger partial charge in [0, 0.05) is 39.3 Å². The summed E-state index contributed by atoms with van der Waals surface area (Å²) in [5.41, 5.74) is -0.0780. The lowest BCUT2D eigenvalue weighted by Gasteiger charge is -2.49. The lowest BCUT2D eigenvalue weighted by molar-refractivity contribution is -0.142. The Kier molecular flexibility index (Phi) is 7.51. The average Bonchev–Trinajstić information content (AvgIpc) is 3.56. The molecule has 1 saturated carbocycles. The topological polar surface area (TPSA) is 90.0 Å². The van der Waals surface area contributed by atoms with Crippen LogP contribution < -0.4 is 5.32 Å². The van der Waals surface area contributed by atoms with Crippen molar-refractivity contribution >= 4 is 22.0 Å². The van der Waals surface area contributed by atoms with Gasteiger partial charge in [0.1, 0.15) is 6.04 Å². The fraction of sp³-hybridized carbons (Fsp3) is 0.692. The average molecular weight is 557 g/mol. The summed E-state index contributed by atoms with van der Waals surface area (Å²) in [6, 6.07) is 3.93. The van der Waals surface area contributed by atoms with Gasteiger partial charge in [0.05, 0.1) is 11.5 Å². The molecule has 3 heterocycles. The SMILES string of the molecule is O=C(NCc1ccc(C(F)(F)F)cc1)[C@H]1CCCN1C(=O)[C@H]1CCCN(S(=O)(=O)N2CC3(CCCC3)C2)C1. The predicted molar refractivity (Wildman–Crippen MR) is 134 cm³/mol. The van der Waals surface area contributed by atoms with Crippen LogP contribution in [0.15, 0.2) is 24.3 Å². The highest BCUT2D eigenvalue weighted by Crippen LogP contribution is 2.47. The fourth-order valence-corrected chi connectivity index (χ4v) is 8.41. The number of hydrogen-bond donors (Lipinski definition) is 1. The van der Waals surface area contributed by atoms with Crippen molar-refractivity contribution in [3.8, 4) is 0 Å². The third-order valence-electron chi connectivity index (χ3n) is 8.66. The van der Waals surface area contributed by atoms with Crippen LogP contribution in [0.25, 0.3) is 0 Å². The maximum atomic E-state index is 13.5. The van der Waals surface area contributed by atoms with E-state index in [2.05, 4.69) is 5.32 Å². The lowest BCUT2D eigenvalue weighted by Crippen LogP contribution is -2.61. The Balaban J connectivity index is 1.16. The summed E-state index contributed by atoms with van der Waals surface area (Å²) < 4.78 is 67.9. The summed E-state index contributed by atoms with van der Waals surface area (Å²) in [6.07, 6.45) is 2.37. The van der Waals surface area contributed by atoms with Crippen LogP contribution in [0, 0.1) is 11.3 Å². The molecule has 4 fully saturated rings. The van der Waals surface area contributed by atoms with E-state index < -0.39 is 33.9 Å². The van der Waals surface area contributed by atoms with Gasteiger partial charge in [-0.2, -0.15) is 30.2 Å². The molecule has 12 heteroatoms. The fourth-order valence-electron chi connectivity index (χ4n) is 6.48. The molecule has 3 aliphatic heterocycles. The molecule has 1 aromatic carbocycles. The number of carbonyl (C=O) groups excluding carboxylic acids is 2. The van der Waals surface area contributed by atoms with E-state index in [1.807, 2.05) is 0 Å². The normalized spacial score (nSPS) is 26.4. The van der Waals surface area contributed by atoms with E-state index in [4.69, 9.17) is 0 Å². The summed E-state index contributed by atoms with van der Waals surface area (Å²) in [4.78, 5) is 27.9. The van der Waals surface area contributed by atoms with Gasteiger partial charge < -0.3 is 10.2 Å². The van der Waals surface area contributed by atoms with Gasteiger partial charge in [-0.05, 0) is 61.6 Å². The zero-order chi connectivity index (χ0) is 27.1. The molecule has 1 N–H and O–H groups in total. The van der Waals surface area contributed by atoms with Crippen molar-refractivity contribution in [2.45, 2.75) is 70.1 Å². The second kappa shape index (κ2) is 10.4. The molecular formula is C26H35F3N4O4S. The highest BCUT2D eigenvalue weighted by Gasteiger charge is 2.51. The first kappa shape index (κ1) is 27.4. The largest absolute Gasteiger partial charge is 0.416 e.